The number of nitrogens with zero attached hydrogens (tertiary/aromatic N) is 4. The van der Waals surface area contributed by atoms with Crippen molar-refractivity contribution < 1.29 is 9.53 Å². The summed E-state index contributed by atoms with van der Waals surface area (Å²) in [5.74, 6) is 1.44. The third-order valence-electron chi connectivity index (χ3n) is 6.13. The normalized spacial score (nSPS) is 26.1. The van der Waals surface area contributed by atoms with Crippen LogP contribution in [0.25, 0.3) is 0 Å². The molecular formula is C20H26N4O2. The van der Waals surface area contributed by atoms with Crippen LogP contribution < -0.4 is 9.64 Å². The summed E-state index contributed by atoms with van der Waals surface area (Å²) >= 11 is 0. The zero-order chi connectivity index (χ0) is 18.1. The fourth-order valence-corrected chi connectivity index (χ4v) is 4.58. The summed E-state index contributed by atoms with van der Waals surface area (Å²) in [7, 11) is 1.55. The topological polar surface area (TPSA) is 69.5 Å². The number of hydrogen-bond acceptors (Lipinski definition) is 5. The Hall–Kier alpha value is -2.29. The Morgan fingerprint density at radius 3 is 2.96 bits per heavy atom. The van der Waals surface area contributed by atoms with Gasteiger partial charge in [0.25, 0.3) is 0 Å². The van der Waals surface area contributed by atoms with Crippen LogP contribution in [0.3, 0.4) is 0 Å². The number of methoxy groups -OCH3 is 1. The molecule has 1 atom stereocenters. The van der Waals surface area contributed by atoms with Gasteiger partial charge in [0.05, 0.1) is 12.8 Å². The van der Waals surface area contributed by atoms with Gasteiger partial charge in [-0.3, -0.25) is 4.79 Å². The summed E-state index contributed by atoms with van der Waals surface area (Å²) in [6, 6.07) is 4.17. The van der Waals surface area contributed by atoms with E-state index >= 15 is 0 Å². The third kappa shape index (κ3) is 3.23. The number of pyridine rings is 1. The lowest BCUT2D eigenvalue weighted by atomic mass is 9.73. The van der Waals surface area contributed by atoms with Gasteiger partial charge in [-0.1, -0.05) is 0 Å². The number of rotatable bonds is 4. The molecule has 1 aromatic rings. The maximum Gasteiger partial charge on any atom is 0.233 e. The van der Waals surface area contributed by atoms with Gasteiger partial charge in [-0.15, -0.1) is 0 Å². The molecule has 1 aromatic heterocycles. The van der Waals surface area contributed by atoms with Crippen molar-refractivity contribution in [2.24, 2.45) is 11.3 Å². The van der Waals surface area contributed by atoms with Crippen LogP contribution in [0.5, 0.6) is 5.88 Å². The predicted octanol–water partition coefficient (Wildman–Crippen LogP) is 2.58. The lowest BCUT2D eigenvalue weighted by molar-refractivity contribution is -0.138. The van der Waals surface area contributed by atoms with E-state index in [0.29, 0.717) is 23.8 Å². The number of likely N-dealkylation sites (tertiary alicyclic amines) is 1. The van der Waals surface area contributed by atoms with Crippen molar-refractivity contribution in [1.29, 1.82) is 5.26 Å². The molecule has 0 aromatic carbocycles. The van der Waals surface area contributed by atoms with Gasteiger partial charge in [0, 0.05) is 44.2 Å². The number of anilines is 1. The molecule has 1 unspecified atom stereocenters. The lowest BCUT2D eigenvalue weighted by Crippen LogP contribution is -2.54. The number of nitriles is 1. The summed E-state index contributed by atoms with van der Waals surface area (Å²) in [6.45, 7) is 3.62. The fraction of sp³-hybridized carbons (Fsp3) is 0.650. The molecule has 1 aliphatic carbocycles. The first-order chi connectivity index (χ1) is 12.6. The van der Waals surface area contributed by atoms with Gasteiger partial charge < -0.3 is 14.5 Å². The van der Waals surface area contributed by atoms with Gasteiger partial charge in [0.1, 0.15) is 11.6 Å². The molecule has 2 aliphatic heterocycles. The highest BCUT2D eigenvalue weighted by molar-refractivity contribution is 5.77. The highest BCUT2D eigenvalue weighted by Crippen LogP contribution is 2.42. The molecule has 26 heavy (non-hydrogen) atoms. The quantitative estimate of drug-likeness (QED) is 0.831. The molecule has 1 saturated carbocycles. The van der Waals surface area contributed by atoms with Crippen molar-refractivity contribution >= 4 is 11.6 Å². The molecule has 4 rings (SSSR count). The summed E-state index contributed by atoms with van der Waals surface area (Å²) in [4.78, 5) is 20.9. The zero-order valence-electron chi connectivity index (χ0n) is 15.4. The molecule has 0 N–H and O–H groups in total. The van der Waals surface area contributed by atoms with Crippen molar-refractivity contribution in [2.75, 3.05) is 38.2 Å². The number of hydrogen-bond donors (Lipinski definition) is 0. The molecule has 0 radical (unpaired) electrons. The summed E-state index contributed by atoms with van der Waals surface area (Å²) in [5.41, 5.74) is 1.56. The summed E-state index contributed by atoms with van der Waals surface area (Å²) in [5, 5.41) is 9.60. The number of carbonyl (C=O) groups is 1. The van der Waals surface area contributed by atoms with E-state index in [2.05, 4.69) is 20.9 Å². The SMILES string of the molecule is COc1nccc(N2CCCC3(CCC(=O)N(CC4CC4)C3)C2)c1C#N. The van der Waals surface area contributed by atoms with E-state index in [9.17, 15) is 10.1 Å². The molecule has 1 spiro atoms. The molecule has 138 valence electrons. The number of amides is 1. The first-order valence-electron chi connectivity index (χ1n) is 9.60. The van der Waals surface area contributed by atoms with Crippen LogP contribution >= 0.6 is 0 Å². The van der Waals surface area contributed by atoms with Gasteiger partial charge in [-0.2, -0.15) is 5.26 Å². The number of carbonyl (C=O) groups excluding carboxylic acids is 1. The Bertz CT molecular complexity index is 740. The molecular weight excluding hydrogens is 328 g/mol. The average molecular weight is 354 g/mol. The maximum absolute atomic E-state index is 12.4. The minimum Gasteiger partial charge on any atom is -0.480 e. The van der Waals surface area contributed by atoms with E-state index < -0.39 is 0 Å². The Balaban J connectivity index is 1.56. The van der Waals surface area contributed by atoms with E-state index in [4.69, 9.17) is 4.74 Å². The van der Waals surface area contributed by atoms with Crippen molar-refractivity contribution in [3.05, 3.63) is 17.8 Å². The van der Waals surface area contributed by atoms with Crippen molar-refractivity contribution in [3.63, 3.8) is 0 Å². The van der Waals surface area contributed by atoms with Crippen LogP contribution in [0.4, 0.5) is 5.69 Å². The Kier molecular flexibility index (Phi) is 4.47. The smallest absolute Gasteiger partial charge is 0.233 e. The van der Waals surface area contributed by atoms with Crippen LogP contribution in [-0.4, -0.2) is 49.1 Å². The second-order valence-electron chi connectivity index (χ2n) is 8.07. The number of piperidine rings is 2. The first kappa shape index (κ1) is 17.1. The minimum atomic E-state index is 0.143. The van der Waals surface area contributed by atoms with E-state index in [1.165, 1.54) is 12.8 Å². The maximum atomic E-state index is 12.4. The van der Waals surface area contributed by atoms with Crippen LogP contribution in [-0.2, 0) is 4.79 Å². The minimum absolute atomic E-state index is 0.143. The third-order valence-corrected chi connectivity index (χ3v) is 6.13. The van der Waals surface area contributed by atoms with Gasteiger partial charge in [-0.25, -0.2) is 4.98 Å². The van der Waals surface area contributed by atoms with Crippen LogP contribution in [0.15, 0.2) is 12.3 Å². The first-order valence-corrected chi connectivity index (χ1v) is 9.60. The summed E-state index contributed by atoms with van der Waals surface area (Å²) < 4.78 is 5.27. The predicted molar refractivity (Wildman–Crippen MR) is 97.9 cm³/mol. The highest BCUT2D eigenvalue weighted by atomic mass is 16.5. The summed E-state index contributed by atoms with van der Waals surface area (Å²) in [6.07, 6.45) is 8.10. The molecule has 6 nitrogen and oxygen atoms in total. The van der Waals surface area contributed by atoms with Crippen molar-refractivity contribution in [1.82, 2.24) is 9.88 Å². The standard InChI is InChI=1S/C20H26N4O2/c1-26-19-16(11-21)17(6-9-22-19)23-10-2-7-20(13-23)8-5-18(25)24(14-20)12-15-3-4-15/h6,9,15H,2-5,7-8,10,12-14H2,1H3. The second kappa shape index (κ2) is 6.79. The molecule has 3 heterocycles. The molecule has 0 bridgehead atoms. The van der Waals surface area contributed by atoms with Crippen LogP contribution in [0.1, 0.15) is 44.1 Å². The largest absolute Gasteiger partial charge is 0.480 e. The van der Waals surface area contributed by atoms with Gasteiger partial charge in [-0.05, 0) is 44.1 Å². The molecule has 2 saturated heterocycles. The van der Waals surface area contributed by atoms with Gasteiger partial charge >= 0.3 is 0 Å². The Labute approximate surface area is 154 Å². The highest BCUT2D eigenvalue weighted by Gasteiger charge is 2.43. The molecule has 3 aliphatic rings. The lowest BCUT2D eigenvalue weighted by Gasteiger charge is -2.49. The average Bonchev–Trinajstić information content (AvgIpc) is 3.48. The van der Waals surface area contributed by atoms with E-state index in [1.54, 1.807) is 13.3 Å². The van der Waals surface area contributed by atoms with E-state index in [0.717, 1.165) is 57.0 Å². The van der Waals surface area contributed by atoms with Gasteiger partial charge in [0.15, 0.2) is 0 Å². The monoisotopic (exact) mass is 354 g/mol. The molecule has 3 fully saturated rings. The second-order valence-corrected chi connectivity index (χ2v) is 8.07. The molecule has 1 amide bonds. The van der Waals surface area contributed by atoms with Crippen molar-refractivity contribution in [2.45, 2.75) is 38.5 Å². The Morgan fingerprint density at radius 1 is 1.38 bits per heavy atom. The van der Waals surface area contributed by atoms with Crippen molar-refractivity contribution in [3.8, 4) is 11.9 Å². The van der Waals surface area contributed by atoms with E-state index in [1.807, 2.05) is 6.07 Å². The molecule has 6 heteroatoms. The number of ether oxygens (including phenoxy) is 1. The van der Waals surface area contributed by atoms with E-state index in [-0.39, 0.29) is 5.41 Å². The zero-order valence-corrected chi connectivity index (χ0v) is 15.4. The Morgan fingerprint density at radius 2 is 2.23 bits per heavy atom. The van der Waals surface area contributed by atoms with Crippen LogP contribution in [0.2, 0.25) is 0 Å². The van der Waals surface area contributed by atoms with Gasteiger partial charge in [0.2, 0.25) is 11.8 Å². The number of aromatic nitrogens is 1. The fourth-order valence-electron chi connectivity index (χ4n) is 4.58. The van der Waals surface area contributed by atoms with Crippen LogP contribution in [0, 0.1) is 22.7 Å².